The number of rotatable bonds is 4. The fraction of sp³-hybridized carbons (Fsp3) is 0.222. The Bertz CT molecular complexity index is 587. The smallest absolute Gasteiger partial charge is 0.480 e. The molecule has 1 atom stereocenters. The normalized spacial score (nSPS) is 14.1. The zero-order valence-electron chi connectivity index (χ0n) is 8.98. The van der Waals surface area contributed by atoms with Crippen LogP contribution in [0.3, 0.4) is 0 Å². The van der Waals surface area contributed by atoms with Crippen LogP contribution in [0.5, 0.6) is 0 Å². The first-order valence-electron chi connectivity index (χ1n) is 4.62. The molecule has 10 heteroatoms. The average molecular weight is 318 g/mol. The van der Waals surface area contributed by atoms with E-state index in [4.69, 9.17) is 16.7 Å². The molecule has 5 nitrogen and oxygen atoms in total. The maximum atomic E-state index is 12.2. The number of carboxylic acid groups (broad SMARTS) is 1. The second-order valence-electron chi connectivity index (χ2n) is 3.36. The molecule has 0 fully saturated rings. The summed E-state index contributed by atoms with van der Waals surface area (Å²) in [5.41, 5.74) is -5.90. The molecule has 106 valence electrons. The van der Waals surface area contributed by atoms with Crippen LogP contribution in [0.2, 0.25) is 5.02 Å². The Balaban J connectivity index is 3.20. The number of halogens is 4. The molecule has 0 saturated carbocycles. The molecular formula is C9H7ClF3NO4S. The fourth-order valence-corrected chi connectivity index (χ4v) is 2.09. The summed E-state index contributed by atoms with van der Waals surface area (Å²) >= 11 is 5.63. The third-order valence-corrected chi connectivity index (χ3v) is 3.54. The fourth-order valence-electron chi connectivity index (χ4n) is 1.18. The van der Waals surface area contributed by atoms with Gasteiger partial charge in [0.2, 0.25) is 0 Å². The van der Waals surface area contributed by atoms with Gasteiger partial charge >= 0.3 is 21.5 Å². The molecule has 0 aromatic heterocycles. The molecule has 2 N–H and O–H groups in total. The van der Waals surface area contributed by atoms with Crippen LogP contribution in [0.25, 0.3) is 0 Å². The second kappa shape index (κ2) is 5.35. The molecule has 0 aliphatic heterocycles. The molecular weight excluding hydrogens is 311 g/mol. The van der Waals surface area contributed by atoms with E-state index >= 15 is 0 Å². The van der Waals surface area contributed by atoms with E-state index in [1.54, 1.807) is 0 Å². The lowest BCUT2D eigenvalue weighted by Gasteiger charge is -2.17. The Morgan fingerprint density at radius 2 is 1.84 bits per heavy atom. The van der Waals surface area contributed by atoms with Crippen molar-refractivity contribution in [1.29, 1.82) is 0 Å². The summed E-state index contributed by atoms with van der Waals surface area (Å²) in [4.78, 5) is 10.9. The van der Waals surface area contributed by atoms with E-state index in [1.165, 1.54) is 18.2 Å². The zero-order valence-corrected chi connectivity index (χ0v) is 10.6. The molecule has 0 radical (unpaired) electrons. The van der Waals surface area contributed by atoms with Crippen molar-refractivity contribution in [2.75, 3.05) is 0 Å². The number of nitrogens with one attached hydrogen (secondary N) is 1. The van der Waals surface area contributed by atoms with Gasteiger partial charge in [-0.05, 0) is 11.6 Å². The minimum atomic E-state index is -5.80. The number of alkyl halides is 3. The summed E-state index contributed by atoms with van der Waals surface area (Å²) in [5, 5.41) is 8.66. The summed E-state index contributed by atoms with van der Waals surface area (Å²) in [7, 11) is -5.80. The van der Waals surface area contributed by atoms with Crippen molar-refractivity contribution in [3.63, 3.8) is 0 Å². The highest BCUT2D eigenvalue weighted by Gasteiger charge is 2.48. The molecule has 0 aliphatic rings. The van der Waals surface area contributed by atoms with E-state index in [9.17, 15) is 26.4 Å². The van der Waals surface area contributed by atoms with Crippen LogP contribution in [-0.4, -0.2) is 25.0 Å². The van der Waals surface area contributed by atoms with Gasteiger partial charge in [0.15, 0.2) is 0 Å². The molecule has 1 rings (SSSR count). The predicted molar refractivity (Wildman–Crippen MR) is 59.9 cm³/mol. The summed E-state index contributed by atoms with van der Waals surface area (Å²) in [6, 6.07) is 2.96. The van der Waals surface area contributed by atoms with Gasteiger partial charge in [0.1, 0.15) is 6.04 Å². The van der Waals surface area contributed by atoms with Gasteiger partial charge in [-0.3, -0.25) is 4.79 Å². The van der Waals surface area contributed by atoms with E-state index in [1.807, 2.05) is 0 Å². The molecule has 0 spiro atoms. The van der Waals surface area contributed by atoms with Crippen LogP contribution in [0.15, 0.2) is 24.3 Å². The van der Waals surface area contributed by atoms with Crippen LogP contribution in [-0.2, 0) is 14.8 Å². The van der Waals surface area contributed by atoms with Crippen LogP contribution >= 0.6 is 11.6 Å². The number of hydrogen-bond acceptors (Lipinski definition) is 3. The van der Waals surface area contributed by atoms with Crippen molar-refractivity contribution in [2.24, 2.45) is 0 Å². The number of carbonyl (C=O) groups is 1. The number of carboxylic acids is 1. The molecule has 0 aliphatic carbocycles. The Morgan fingerprint density at radius 3 is 2.26 bits per heavy atom. The van der Waals surface area contributed by atoms with E-state index < -0.39 is 27.5 Å². The highest BCUT2D eigenvalue weighted by atomic mass is 35.5. The first-order chi connectivity index (χ1) is 8.56. The highest BCUT2D eigenvalue weighted by molar-refractivity contribution is 7.90. The third kappa shape index (κ3) is 3.58. The Kier molecular flexibility index (Phi) is 4.43. The van der Waals surface area contributed by atoms with Crippen molar-refractivity contribution in [2.45, 2.75) is 11.6 Å². The van der Waals surface area contributed by atoms with E-state index in [0.29, 0.717) is 0 Å². The SMILES string of the molecule is O=C(O)[C@H](NS(=O)(=O)C(F)(F)F)c1ccccc1Cl. The van der Waals surface area contributed by atoms with Gasteiger partial charge in [-0.1, -0.05) is 29.8 Å². The van der Waals surface area contributed by atoms with Gasteiger partial charge in [-0.15, -0.1) is 0 Å². The van der Waals surface area contributed by atoms with Crippen LogP contribution in [0, 0.1) is 0 Å². The maximum absolute atomic E-state index is 12.2. The Morgan fingerprint density at radius 1 is 1.32 bits per heavy atom. The lowest BCUT2D eigenvalue weighted by atomic mass is 10.1. The first kappa shape index (κ1) is 15.7. The quantitative estimate of drug-likeness (QED) is 0.888. The lowest BCUT2D eigenvalue weighted by Crippen LogP contribution is -2.41. The van der Waals surface area contributed by atoms with E-state index in [-0.39, 0.29) is 10.6 Å². The van der Waals surface area contributed by atoms with Gasteiger partial charge in [-0.2, -0.15) is 17.9 Å². The summed E-state index contributed by atoms with van der Waals surface area (Å²) in [5.74, 6) is -1.80. The Hall–Kier alpha value is -1.32. The van der Waals surface area contributed by atoms with Gasteiger partial charge < -0.3 is 5.11 Å². The number of aliphatic carboxylic acids is 1. The maximum Gasteiger partial charge on any atom is 0.511 e. The third-order valence-electron chi connectivity index (χ3n) is 2.04. The minimum absolute atomic E-state index is 0.167. The molecule has 1 aromatic rings. The van der Waals surface area contributed by atoms with Crippen LogP contribution in [0.4, 0.5) is 13.2 Å². The Labute approximate surface area is 111 Å². The van der Waals surface area contributed by atoms with Crippen molar-refractivity contribution in [3.05, 3.63) is 34.9 Å². The predicted octanol–water partition coefficient (Wildman–Crippen LogP) is 1.90. The topological polar surface area (TPSA) is 83.5 Å². The second-order valence-corrected chi connectivity index (χ2v) is 5.47. The van der Waals surface area contributed by atoms with Crippen molar-refractivity contribution in [3.8, 4) is 0 Å². The van der Waals surface area contributed by atoms with Gasteiger partial charge in [-0.25, -0.2) is 8.42 Å². The van der Waals surface area contributed by atoms with Gasteiger partial charge in [0.05, 0.1) is 0 Å². The summed E-state index contributed by atoms with van der Waals surface area (Å²) in [6.07, 6.45) is 0. The summed E-state index contributed by atoms with van der Waals surface area (Å²) < 4.78 is 59.5. The van der Waals surface area contributed by atoms with Crippen LogP contribution in [0.1, 0.15) is 11.6 Å². The molecule has 0 unspecified atom stereocenters. The zero-order chi connectivity index (χ0) is 14.8. The molecule has 0 saturated heterocycles. The number of sulfonamides is 1. The molecule has 0 heterocycles. The average Bonchev–Trinajstić information content (AvgIpc) is 2.25. The largest absolute Gasteiger partial charge is 0.511 e. The van der Waals surface area contributed by atoms with Crippen LogP contribution < -0.4 is 4.72 Å². The van der Waals surface area contributed by atoms with Crippen molar-refractivity contribution in [1.82, 2.24) is 4.72 Å². The van der Waals surface area contributed by atoms with Crippen molar-refractivity contribution >= 4 is 27.6 Å². The highest BCUT2D eigenvalue weighted by Crippen LogP contribution is 2.28. The van der Waals surface area contributed by atoms with Gasteiger partial charge in [0, 0.05) is 5.02 Å². The lowest BCUT2D eigenvalue weighted by molar-refractivity contribution is -0.139. The summed E-state index contributed by atoms with van der Waals surface area (Å²) in [6.45, 7) is 0. The minimum Gasteiger partial charge on any atom is -0.480 e. The molecule has 0 bridgehead atoms. The van der Waals surface area contributed by atoms with E-state index in [2.05, 4.69) is 0 Å². The first-order valence-corrected chi connectivity index (χ1v) is 6.48. The van der Waals surface area contributed by atoms with Crippen molar-refractivity contribution < 1.29 is 31.5 Å². The van der Waals surface area contributed by atoms with Gasteiger partial charge in [0.25, 0.3) is 0 Å². The molecule has 19 heavy (non-hydrogen) atoms. The monoisotopic (exact) mass is 317 g/mol. The number of benzene rings is 1. The molecule has 0 amide bonds. The standard InChI is InChI=1S/C9H7ClF3NO4S/c10-6-4-2-1-3-5(6)7(8(15)16)14-19(17,18)9(11,12)13/h1-4,7,14H,(H,15,16)/t7-/m1/s1. The molecule has 1 aromatic carbocycles. The van der Waals surface area contributed by atoms with E-state index in [0.717, 1.165) is 10.8 Å². The number of hydrogen-bond donors (Lipinski definition) is 2.